The van der Waals surface area contributed by atoms with E-state index >= 15 is 0 Å². The minimum Gasteiger partial charge on any atom is -0.247 e. The zero-order valence-electron chi connectivity index (χ0n) is 5.19. The highest BCUT2D eigenvalue weighted by atomic mass is 79.9. The van der Waals surface area contributed by atoms with Crippen molar-refractivity contribution in [2.75, 3.05) is 0 Å². The van der Waals surface area contributed by atoms with Gasteiger partial charge in [-0.2, -0.15) is 0 Å². The Balaban J connectivity index is 2.16. The van der Waals surface area contributed by atoms with Crippen molar-refractivity contribution in [1.29, 1.82) is 0 Å². The van der Waals surface area contributed by atoms with Gasteiger partial charge in [-0.05, 0) is 25.2 Å². The Morgan fingerprint density at radius 3 is 2.33 bits per heavy atom. The molecule has 0 unspecified atom stereocenters. The standard InChI is InChI=1S/C7H10BrF/c8-7-4-1-2-5(7)6(9)3-4/h4-7H,1-3H2/t4-,5+,6-,7-/m0/s1. The van der Waals surface area contributed by atoms with Gasteiger partial charge in [0.1, 0.15) is 6.17 Å². The van der Waals surface area contributed by atoms with E-state index in [0.29, 0.717) is 16.7 Å². The van der Waals surface area contributed by atoms with Crippen LogP contribution in [0.2, 0.25) is 0 Å². The summed E-state index contributed by atoms with van der Waals surface area (Å²) in [5, 5.41) is 0. The first kappa shape index (κ1) is 6.14. The van der Waals surface area contributed by atoms with Gasteiger partial charge in [0.05, 0.1) is 0 Å². The minimum atomic E-state index is -0.492. The Bertz CT molecular complexity index is 126. The molecule has 2 heteroatoms. The first-order chi connectivity index (χ1) is 4.29. The fraction of sp³-hybridized carbons (Fsp3) is 1.00. The van der Waals surface area contributed by atoms with Gasteiger partial charge in [-0.25, -0.2) is 4.39 Å². The van der Waals surface area contributed by atoms with Crippen LogP contribution in [0.4, 0.5) is 4.39 Å². The van der Waals surface area contributed by atoms with Crippen LogP contribution < -0.4 is 0 Å². The topological polar surface area (TPSA) is 0 Å². The molecule has 0 saturated heterocycles. The van der Waals surface area contributed by atoms with Gasteiger partial charge < -0.3 is 0 Å². The van der Waals surface area contributed by atoms with Crippen molar-refractivity contribution in [1.82, 2.24) is 0 Å². The fourth-order valence-electron chi connectivity index (χ4n) is 2.17. The Hall–Kier alpha value is 0.410. The molecular formula is C7H10BrF. The maximum Gasteiger partial charge on any atom is 0.104 e. The summed E-state index contributed by atoms with van der Waals surface area (Å²) in [6.45, 7) is 0. The predicted octanol–water partition coefficient (Wildman–Crippen LogP) is 2.52. The highest BCUT2D eigenvalue weighted by molar-refractivity contribution is 9.09. The smallest absolute Gasteiger partial charge is 0.104 e. The third-order valence-corrected chi connectivity index (χ3v) is 4.15. The van der Waals surface area contributed by atoms with E-state index in [2.05, 4.69) is 15.9 Å². The zero-order valence-corrected chi connectivity index (χ0v) is 6.77. The minimum absolute atomic E-state index is 0.356. The summed E-state index contributed by atoms with van der Waals surface area (Å²) in [4.78, 5) is 0.507. The van der Waals surface area contributed by atoms with Gasteiger partial charge in [0.15, 0.2) is 0 Å². The summed E-state index contributed by atoms with van der Waals surface area (Å²) < 4.78 is 12.8. The Kier molecular flexibility index (Phi) is 1.33. The molecule has 0 radical (unpaired) electrons. The van der Waals surface area contributed by atoms with Crippen LogP contribution in [0.1, 0.15) is 19.3 Å². The van der Waals surface area contributed by atoms with E-state index < -0.39 is 6.17 Å². The van der Waals surface area contributed by atoms with Gasteiger partial charge in [0.2, 0.25) is 0 Å². The molecule has 0 aliphatic heterocycles. The molecule has 2 saturated carbocycles. The SMILES string of the molecule is F[C@H]1C[C@@H]2CC[C@H]1[C@H]2Br. The number of hydrogen-bond donors (Lipinski definition) is 0. The zero-order chi connectivity index (χ0) is 6.43. The lowest BCUT2D eigenvalue weighted by Crippen LogP contribution is -2.12. The van der Waals surface area contributed by atoms with Gasteiger partial charge in [0.25, 0.3) is 0 Å². The van der Waals surface area contributed by atoms with Gasteiger partial charge in [-0.15, -0.1) is 0 Å². The van der Waals surface area contributed by atoms with Crippen LogP contribution in [0.25, 0.3) is 0 Å². The van der Waals surface area contributed by atoms with E-state index in [1.54, 1.807) is 0 Å². The summed E-state index contributed by atoms with van der Waals surface area (Å²) in [5.74, 6) is 1.01. The monoisotopic (exact) mass is 192 g/mol. The third kappa shape index (κ3) is 0.754. The van der Waals surface area contributed by atoms with E-state index in [4.69, 9.17) is 0 Å². The maximum atomic E-state index is 12.8. The Morgan fingerprint density at radius 2 is 2.11 bits per heavy atom. The number of hydrogen-bond acceptors (Lipinski definition) is 0. The molecule has 0 spiro atoms. The highest BCUT2D eigenvalue weighted by Crippen LogP contribution is 2.49. The lowest BCUT2D eigenvalue weighted by atomic mass is 9.99. The highest BCUT2D eigenvalue weighted by Gasteiger charge is 2.46. The van der Waals surface area contributed by atoms with E-state index in [1.807, 2.05) is 0 Å². The van der Waals surface area contributed by atoms with Crippen molar-refractivity contribution in [3.05, 3.63) is 0 Å². The normalized spacial score (nSPS) is 56.7. The molecule has 0 heterocycles. The van der Waals surface area contributed by atoms with Crippen LogP contribution in [-0.2, 0) is 0 Å². The first-order valence-electron chi connectivity index (χ1n) is 3.57. The van der Waals surface area contributed by atoms with Crippen molar-refractivity contribution in [3.8, 4) is 0 Å². The summed E-state index contributed by atoms with van der Waals surface area (Å²) in [7, 11) is 0. The number of halogens is 2. The maximum absolute atomic E-state index is 12.8. The van der Waals surface area contributed by atoms with Crippen LogP contribution >= 0.6 is 15.9 Å². The van der Waals surface area contributed by atoms with E-state index in [0.717, 1.165) is 12.8 Å². The van der Waals surface area contributed by atoms with Crippen LogP contribution in [0.15, 0.2) is 0 Å². The van der Waals surface area contributed by atoms with E-state index in [-0.39, 0.29) is 0 Å². The van der Waals surface area contributed by atoms with Gasteiger partial charge in [0, 0.05) is 10.7 Å². The summed E-state index contributed by atoms with van der Waals surface area (Å²) in [6, 6.07) is 0. The molecule has 0 aromatic carbocycles. The van der Waals surface area contributed by atoms with E-state index in [1.165, 1.54) is 6.42 Å². The summed E-state index contributed by atoms with van der Waals surface area (Å²) in [5.41, 5.74) is 0. The van der Waals surface area contributed by atoms with Crippen molar-refractivity contribution in [2.24, 2.45) is 11.8 Å². The lowest BCUT2D eigenvalue weighted by Gasteiger charge is -2.11. The molecule has 2 rings (SSSR count). The van der Waals surface area contributed by atoms with Crippen LogP contribution in [-0.4, -0.2) is 11.0 Å². The molecule has 0 aromatic heterocycles. The largest absolute Gasteiger partial charge is 0.247 e. The van der Waals surface area contributed by atoms with Crippen molar-refractivity contribution >= 4 is 15.9 Å². The molecule has 52 valence electrons. The number of rotatable bonds is 0. The molecular weight excluding hydrogens is 183 g/mol. The van der Waals surface area contributed by atoms with Crippen molar-refractivity contribution in [2.45, 2.75) is 30.3 Å². The van der Waals surface area contributed by atoms with Crippen LogP contribution in [0.5, 0.6) is 0 Å². The second-order valence-corrected chi connectivity index (χ2v) is 4.25. The van der Waals surface area contributed by atoms with Gasteiger partial charge in [-0.3, -0.25) is 0 Å². The fourth-order valence-corrected chi connectivity index (χ4v) is 3.24. The molecule has 4 atom stereocenters. The predicted molar refractivity (Wildman–Crippen MR) is 38.4 cm³/mol. The molecule has 9 heavy (non-hydrogen) atoms. The van der Waals surface area contributed by atoms with Gasteiger partial charge >= 0.3 is 0 Å². The van der Waals surface area contributed by atoms with E-state index in [9.17, 15) is 4.39 Å². The number of fused-ring (bicyclic) bond motifs is 2. The lowest BCUT2D eigenvalue weighted by molar-refractivity contribution is 0.231. The average molecular weight is 193 g/mol. The third-order valence-electron chi connectivity index (χ3n) is 2.72. The second-order valence-electron chi connectivity index (χ2n) is 3.20. The molecule has 2 aliphatic rings. The van der Waals surface area contributed by atoms with Crippen LogP contribution in [0.3, 0.4) is 0 Å². The average Bonchev–Trinajstić information content (AvgIpc) is 2.25. The molecule has 0 nitrogen and oxygen atoms in total. The molecule has 0 aromatic rings. The van der Waals surface area contributed by atoms with Crippen molar-refractivity contribution in [3.63, 3.8) is 0 Å². The molecule has 0 N–H and O–H groups in total. The molecule has 0 amide bonds. The van der Waals surface area contributed by atoms with Gasteiger partial charge in [-0.1, -0.05) is 15.9 Å². The second kappa shape index (κ2) is 1.94. The van der Waals surface area contributed by atoms with Crippen molar-refractivity contribution < 1.29 is 4.39 Å². The Morgan fingerprint density at radius 1 is 1.33 bits per heavy atom. The molecule has 2 fully saturated rings. The number of alkyl halides is 2. The summed E-state index contributed by atoms with van der Waals surface area (Å²) in [6.07, 6.45) is 2.69. The summed E-state index contributed by atoms with van der Waals surface area (Å²) >= 11 is 3.53. The Labute approximate surface area is 63.0 Å². The first-order valence-corrected chi connectivity index (χ1v) is 4.49. The van der Waals surface area contributed by atoms with Crippen LogP contribution in [0, 0.1) is 11.8 Å². The molecule has 2 aliphatic carbocycles. The quantitative estimate of drug-likeness (QED) is 0.518. The molecule has 2 bridgehead atoms.